The first-order chi connectivity index (χ1) is 9.11. The fourth-order valence-electron chi connectivity index (χ4n) is 2.62. The van der Waals surface area contributed by atoms with Crippen LogP contribution in [0.25, 0.3) is 0 Å². The van der Waals surface area contributed by atoms with Gasteiger partial charge in [-0.25, -0.2) is 9.37 Å². The summed E-state index contributed by atoms with van der Waals surface area (Å²) in [5.41, 5.74) is 9.11. The molecule has 1 aromatic carbocycles. The average molecular weight is 277 g/mol. The zero-order chi connectivity index (χ0) is 13.4. The molecule has 3 rings (SSSR count). The van der Waals surface area contributed by atoms with Crippen molar-refractivity contribution in [2.45, 2.75) is 26.4 Å². The number of aryl methyl sites for hydroxylation is 1. The van der Waals surface area contributed by atoms with E-state index in [1.165, 1.54) is 21.8 Å². The summed E-state index contributed by atoms with van der Waals surface area (Å²) >= 11 is 1.53. The lowest BCUT2D eigenvalue weighted by Gasteiger charge is -2.29. The van der Waals surface area contributed by atoms with Gasteiger partial charge in [0.1, 0.15) is 5.82 Å². The molecule has 0 fully saturated rings. The molecule has 19 heavy (non-hydrogen) atoms. The van der Waals surface area contributed by atoms with E-state index in [1.54, 1.807) is 12.1 Å². The molecule has 0 saturated heterocycles. The summed E-state index contributed by atoms with van der Waals surface area (Å²) in [4.78, 5) is 7.62. The largest absolute Gasteiger partial charge is 0.375 e. The van der Waals surface area contributed by atoms with Gasteiger partial charge in [0.15, 0.2) is 5.13 Å². The van der Waals surface area contributed by atoms with Crippen molar-refractivity contribution in [2.75, 3.05) is 12.3 Å². The minimum absolute atomic E-state index is 0.125. The van der Waals surface area contributed by atoms with Crippen molar-refractivity contribution in [3.63, 3.8) is 0 Å². The summed E-state index contributed by atoms with van der Waals surface area (Å²) in [5.74, 6) is -0.125. The number of hydrogen-bond donors (Lipinski definition) is 1. The Morgan fingerprint density at radius 2 is 2.32 bits per heavy atom. The third kappa shape index (κ3) is 2.62. The lowest BCUT2D eigenvalue weighted by Crippen LogP contribution is -2.30. The standard InChI is InChI=1S/C14H16FN3S/c1-9-4-11(15)5-10-2-3-18(8-13(9)10)7-12-6-17-14(16)19-12/h4-6H,2-3,7-8H2,1H3,(H2,16,17). The maximum absolute atomic E-state index is 13.4. The number of halogens is 1. The van der Waals surface area contributed by atoms with E-state index in [2.05, 4.69) is 9.88 Å². The molecule has 0 saturated carbocycles. The molecule has 0 atom stereocenters. The Morgan fingerprint density at radius 1 is 1.47 bits per heavy atom. The van der Waals surface area contributed by atoms with Crippen LogP contribution in [0, 0.1) is 12.7 Å². The van der Waals surface area contributed by atoms with Crippen LogP contribution in [0.2, 0.25) is 0 Å². The molecule has 0 unspecified atom stereocenters. The number of anilines is 1. The van der Waals surface area contributed by atoms with Crippen LogP contribution in [0.15, 0.2) is 18.3 Å². The molecule has 100 valence electrons. The summed E-state index contributed by atoms with van der Waals surface area (Å²) in [6.45, 7) is 4.67. The van der Waals surface area contributed by atoms with Crippen molar-refractivity contribution in [3.05, 3.63) is 45.7 Å². The first-order valence-corrected chi connectivity index (χ1v) is 7.14. The van der Waals surface area contributed by atoms with Crippen LogP contribution in [0.1, 0.15) is 21.6 Å². The highest BCUT2D eigenvalue weighted by Gasteiger charge is 2.19. The molecule has 1 aliphatic heterocycles. The Morgan fingerprint density at radius 3 is 3.05 bits per heavy atom. The Hall–Kier alpha value is -1.46. The zero-order valence-corrected chi connectivity index (χ0v) is 11.6. The quantitative estimate of drug-likeness (QED) is 0.917. The molecule has 0 radical (unpaired) electrons. The van der Waals surface area contributed by atoms with Crippen LogP contribution in [-0.2, 0) is 19.5 Å². The van der Waals surface area contributed by atoms with Crippen molar-refractivity contribution >= 4 is 16.5 Å². The van der Waals surface area contributed by atoms with Crippen LogP contribution in [0.5, 0.6) is 0 Å². The Labute approximate surface area is 115 Å². The van der Waals surface area contributed by atoms with Gasteiger partial charge < -0.3 is 5.73 Å². The number of hydrogen-bond acceptors (Lipinski definition) is 4. The zero-order valence-electron chi connectivity index (χ0n) is 10.8. The smallest absolute Gasteiger partial charge is 0.180 e. The highest BCUT2D eigenvalue weighted by molar-refractivity contribution is 7.15. The fourth-order valence-corrected chi connectivity index (χ4v) is 3.35. The van der Waals surface area contributed by atoms with Crippen molar-refractivity contribution in [1.29, 1.82) is 0 Å². The van der Waals surface area contributed by atoms with E-state index >= 15 is 0 Å². The predicted molar refractivity (Wildman–Crippen MR) is 75.5 cm³/mol. The number of nitrogens with two attached hydrogens (primary N) is 1. The predicted octanol–water partition coefficient (Wildman–Crippen LogP) is 2.73. The van der Waals surface area contributed by atoms with Crippen molar-refractivity contribution in [2.24, 2.45) is 0 Å². The van der Waals surface area contributed by atoms with Crippen LogP contribution in [0.4, 0.5) is 9.52 Å². The molecule has 0 aliphatic carbocycles. The van der Waals surface area contributed by atoms with E-state index in [-0.39, 0.29) is 5.82 Å². The first kappa shape index (κ1) is 12.6. The van der Waals surface area contributed by atoms with Gasteiger partial charge in [-0.3, -0.25) is 4.90 Å². The number of rotatable bonds is 2. The van der Waals surface area contributed by atoms with Crippen molar-refractivity contribution in [3.8, 4) is 0 Å². The van der Waals surface area contributed by atoms with Crippen LogP contribution in [0.3, 0.4) is 0 Å². The average Bonchev–Trinajstić information content (AvgIpc) is 2.75. The van der Waals surface area contributed by atoms with E-state index in [4.69, 9.17) is 5.73 Å². The van der Waals surface area contributed by atoms with Gasteiger partial charge in [-0.1, -0.05) is 0 Å². The summed E-state index contributed by atoms with van der Waals surface area (Å²) in [5, 5.41) is 0.616. The Bertz CT molecular complexity index is 609. The van der Waals surface area contributed by atoms with Gasteiger partial charge in [-0.05, 0) is 42.2 Å². The normalized spacial score (nSPS) is 15.5. The van der Waals surface area contributed by atoms with Gasteiger partial charge in [-0.15, -0.1) is 11.3 Å². The van der Waals surface area contributed by atoms with Crippen LogP contribution in [-0.4, -0.2) is 16.4 Å². The minimum Gasteiger partial charge on any atom is -0.375 e. The molecule has 1 aromatic heterocycles. The summed E-state index contributed by atoms with van der Waals surface area (Å²) < 4.78 is 13.4. The fraction of sp³-hybridized carbons (Fsp3) is 0.357. The Balaban J connectivity index is 1.78. The maximum Gasteiger partial charge on any atom is 0.180 e. The maximum atomic E-state index is 13.4. The second kappa shape index (κ2) is 4.90. The Kier molecular flexibility index (Phi) is 3.24. The highest BCUT2D eigenvalue weighted by Crippen LogP contribution is 2.26. The summed E-state index contributed by atoms with van der Waals surface area (Å²) in [6.07, 6.45) is 2.75. The van der Waals surface area contributed by atoms with Crippen LogP contribution >= 0.6 is 11.3 Å². The van der Waals surface area contributed by atoms with Gasteiger partial charge in [0.05, 0.1) is 0 Å². The number of nitrogen functional groups attached to an aromatic ring is 1. The summed E-state index contributed by atoms with van der Waals surface area (Å²) in [6, 6.07) is 3.29. The third-order valence-electron chi connectivity index (χ3n) is 3.56. The van der Waals surface area contributed by atoms with Gasteiger partial charge >= 0.3 is 0 Å². The number of benzene rings is 1. The monoisotopic (exact) mass is 277 g/mol. The SMILES string of the molecule is Cc1cc(F)cc2c1CN(Cc1cnc(N)s1)CC2. The second-order valence-electron chi connectivity index (χ2n) is 4.99. The van der Waals surface area contributed by atoms with E-state index in [0.717, 1.165) is 37.2 Å². The topological polar surface area (TPSA) is 42.2 Å². The molecule has 3 nitrogen and oxygen atoms in total. The van der Waals surface area contributed by atoms with Crippen molar-refractivity contribution < 1.29 is 4.39 Å². The van der Waals surface area contributed by atoms with Gasteiger partial charge in [0.2, 0.25) is 0 Å². The third-order valence-corrected chi connectivity index (χ3v) is 4.37. The highest BCUT2D eigenvalue weighted by atomic mass is 32.1. The van der Waals surface area contributed by atoms with Gasteiger partial charge in [0, 0.05) is 30.7 Å². The molecule has 0 spiro atoms. The number of aromatic nitrogens is 1. The molecule has 2 N–H and O–H groups in total. The van der Waals surface area contributed by atoms with Crippen LogP contribution < -0.4 is 5.73 Å². The first-order valence-electron chi connectivity index (χ1n) is 6.32. The molecule has 0 bridgehead atoms. The lowest BCUT2D eigenvalue weighted by atomic mass is 9.95. The molecule has 0 amide bonds. The number of nitrogens with zero attached hydrogens (tertiary/aromatic N) is 2. The second-order valence-corrected chi connectivity index (χ2v) is 6.13. The van der Waals surface area contributed by atoms with E-state index < -0.39 is 0 Å². The molecule has 5 heteroatoms. The molecular weight excluding hydrogens is 261 g/mol. The summed E-state index contributed by atoms with van der Waals surface area (Å²) in [7, 11) is 0. The molecule has 2 aromatic rings. The van der Waals surface area contributed by atoms with Gasteiger partial charge in [-0.2, -0.15) is 0 Å². The van der Waals surface area contributed by atoms with E-state index in [9.17, 15) is 4.39 Å². The van der Waals surface area contributed by atoms with E-state index in [0.29, 0.717) is 5.13 Å². The minimum atomic E-state index is -0.125. The van der Waals surface area contributed by atoms with Gasteiger partial charge in [0.25, 0.3) is 0 Å². The van der Waals surface area contributed by atoms with Crippen molar-refractivity contribution in [1.82, 2.24) is 9.88 Å². The molecule has 2 heterocycles. The molecular formula is C14H16FN3S. The molecule has 1 aliphatic rings. The number of thiazole rings is 1. The lowest BCUT2D eigenvalue weighted by molar-refractivity contribution is 0.246. The number of fused-ring (bicyclic) bond motifs is 1. The van der Waals surface area contributed by atoms with E-state index in [1.807, 2.05) is 13.1 Å².